The largest absolute Gasteiger partial charge is 0.361 e. The lowest BCUT2D eigenvalue weighted by Crippen LogP contribution is -2.48. The molecule has 0 unspecified atom stereocenters. The van der Waals surface area contributed by atoms with Crippen LogP contribution in [0.3, 0.4) is 0 Å². The molecule has 4 heteroatoms. The molecule has 23 heavy (non-hydrogen) atoms. The summed E-state index contributed by atoms with van der Waals surface area (Å²) in [5.41, 5.74) is 4.29. The Labute approximate surface area is 141 Å². The van der Waals surface area contributed by atoms with Crippen molar-refractivity contribution in [3.8, 4) is 0 Å². The summed E-state index contributed by atoms with van der Waals surface area (Å²) in [4.78, 5) is 17.2. The van der Waals surface area contributed by atoms with Crippen LogP contribution in [0.15, 0.2) is 24.4 Å². The molecular formula is C19H24N2OS. The molecule has 1 N–H and O–H groups in total. The number of nitrogens with zero attached hydrogens (tertiary/aromatic N) is 1. The van der Waals surface area contributed by atoms with E-state index in [-0.39, 0.29) is 5.78 Å². The molecule has 1 aliphatic carbocycles. The van der Waals surface area contributed by atoms with Gasteiger partial charge in [-0.1, -0.05) is 12.1 Å². The minimum atomic E-state index is 0.288. The molecular weight excluding hydrogens is 304 g/mol. The Morgan fingerprint density at radius 2 is 2.30 bits per heavy atom. The van der Waals surface area contributed by atoms with Gasteiger partial charge >= 0.3 is 0 Å². The molecule has 1 aromatic carbocycles. The van der Waals surface area contributed by atoms with E-state index in [9.17, 15) is 4.79 Å². The van der Waals surface area contributed by atoms with E-state index in [2.05, 4.69) is 41.3 Å². The highest BCUT2D eigenvalue weighted by Crippen LogP contribution is 2.44. The van der Waals surface area contributed by atoms with Gasteiger partial charge in [-0.3, -0.25) is 4.79 Å². The molecule has 2 heterocycles. The molecule has 2 aliphatic rings. The molecule has 3 atom stereocenters. The zero-order chi connectivity index (χ0) is 16.0. The van der Waals surface area contributed by atoms with E-state index in [0.717, 1.165) is 18.7 Å². The number of likely N-dealkylation sites (tertiary alicyclic amines) is 1. The van der Waals surface area contributed by atoms with Gasteiger partial charge in [0, 0.05) is 35.6 Å². The average Bonchev–Trinajstić information content (AvgIpc) is 2.93. The van der Waals surface area contributed by atoms with Crippen molar-refractivity contribution < 1.29 is 4.79 Å². The molecule has 122 valence electrons. The van der Waals surface area contributed by atoms with Crippen molar-refractivity contribution in [3.05, 3.63) is 35.5 Å². The molecule has 1 aromatic heterocycles. The van der Waals surface area contributed by atoms with Gasteiger partial charge in [0.2, 0.25) is 0 Å². The number of ketones is 1. The van der Waals surface area contributed by atoms with Gasteiger partial charge < -0.3 is 9.88 Å². The van der Waals surface area contributed by atoms with E-state index >= 15 is 0 Å². The molecule has 1 saturated heterocycles. The maximum absolute atomic E-state index is 11.2. The van der Waals surface area contributed by atoms with Crippen molar-refractivity contribution in [1.82, 2.24) is 9.88 Å². The number of hydrogen-bond acceptors (Lipinski definition) is 3. The van der Waals surface area contributed by atoms with Crippen LogP contribution in [0.1, 0.15) is 30.4 Å². The molecule has 0 amide bonds. The molecule has 3 nitrogen and oxygen atoms in total. The molecule has 0 saturated carbocycles. The summed E-state index contributed by atoms with van der Waals surface area (Å²) < 4.78 is 0. The smallest absolute Gasteiger partial charge is 0.139 e. The Morgan fingerprint density at radius 1 is 1.43 bits per heavy atom. The standard InChI is InChI=1S/C19H24N2OS/c1-12(22)10-23-11-13-6-16-15-4-3-5-17-19(15)14(8-20-17)7-18(16)21(2)9-13/h3-5,8,13,16,18,20H,6-7,9-11H2,1-2H3/t13-,16-,18-/m1/s1. The summed E-state index contributed by atoms with van der Waals surface area (Å²) in [5, 5.41) is 1.47. The maximum Gasteiger partial charge on any atom is 0.139 e. The Balaban J connectivity index is 1.59. The van der Waals surface area contributed by atoms with Crippen LogP contribution in [0, 0.1) is 5.92 Å². The summed E-state index contributed by atoms with van der Waals surface area (Å²) in [6.07, 6.45) is 4.61. The SMILES string of the molecule is CC(=O)CSC[C@@H]1C[C@@H]2c3cccc4[nH]cc(c34)C[C@H]2N(C)C1. The summed E-state index contributed by atoms with van der Waals surface area (Å²) in [7, 11) is 2.28. The third kappa shape index (κ3) is 2.72. The third-order valence-corrected chi connectivity index (χ3v) is 6.79. The number of benzene rings is 1. The van der Waals surface area contributed by atoms with Gasteiger partial charge in [-0.25, -0.2) is 0 Å². The molecule has 0 spiro atoms. The number of Topliss-reactive ketones (excluding diaryl/α,β-unsaturated/α-hetero) is 1. The van der Waals surface area contributed by atoms with Crippen LogP contribution >= 0.6 is 11.8 Å². The Morgan fingerprint density at radius 3 is 3.13 bits per heavy atom. The zero-order valence-electron chi connectivity index (χ0n) is 13.8. The quantitative estimate of drug-likeness (QED) is 0.934. The molecule has 2 aromatic rings. The number of hydrogen-bond donors (Lipinski definition) is 1. The fourth-order valence-electron chi connectivity index (χ4n) is 4.54. The van der Waals surface area contributed by atoms with Crippen LogP contribution < -0.4 is 0 Å². The van der Waals surface area contributed by atoms with Gasteiger partial charge in [0.1, 0.15) is 5.78 Å². The average molecular weight is 328 g/mol. The number of aromatic amines is 1. The predicted octanol–water partition coefficient (Wildman–Crippen LogP) is 3.45. The number of thioether (sulfide) groups is 1. The summed E-state index contributed by atoms with van der Waals surface area (Å²) in [6, 6.07) is 7.33. The van der Waals surface area contributed by atoms with Gasteiger partial charge in [-0.05, 0) is 55.7 Å². The number of carbonyl (C=O) groups is 1. The number of aromatic nitrogens is 1. The number of rotatable bonds is 4. The van der Waals surface area contributed by atoms with Crippen LogP contribution in [-0.2, 0) is 11.2 Å². The van der Waals surface area contributed by atoms with Crippen LogP contribution in [0.2, 0.25) is 0 Å². The van der Waals surface area contributed by atoms with Gasteiger partial charge in [-0.15, -0.1) is 0 Å². The first-order valence-corrected chi connectivity index (χ1v) is 9.65. The van der Waals surface area contributed by atoms with Crippen LogP contribution in [0.5, 0.6) is 0 Å². The van der Waals surface area contributed by atoms with E-state index in [1.807, 2.05) is 0 Å². The maximum atomic E-state index is 11.2. The topological polar surface area (TPSA) is 36.1 Å². The number of piperidine rings is 1. The first kappa shape index (κ1) is 15.3. The van der Waals surface area contributed by atoms with Crippen molar-refractivity contribution in [2.75, 3.05) is 25.1 Å². The molecule has 1 aliphatic heterocycles. The van der Waals surface area contributed by atoms with E-state index < -0.39 is 0 Å². The predicted molar refractivity (Wildman–Crippen MR) is 97.3 cm³/mol. The van der Waals surface area contributed by atoms with Crippen molar-refractivity contribution in [2.24, 2.45) is 5.92 Å². The highest BCUT2D eigenvalue weighted by Gasteiger charge is 2.39. The van der Waals surface area contributed by atoms with Crippen molar-refractivity contribution in [3.63, 3.8) is 0 Å². The fraction of sp³-hybridized carbons (Fsp3) is 0.526. The molecule has 0 radical (unpaired) electrons. The monoisotopic (exact) mass is 328 g/mol. The van der Waals surface area contributed by atoms with Crippen molar-refractivity contribution in [1.29, 1.82) is 0 Å². The van der Waals surface area contributed by atoms with Crippen LogP contribution in [0.4, 0.5) is 0 Å². The first-order chi connectivity index (χ1) is 11.1. The summed E-state index contributed by atoms with van der Waals surface area (Å²) >= 11 is 1.81. The normalized spacial score (nSPS) is 27.1. The lowest BCUT2D eigenvalue weighted by molar-refractivity contribution is -0.114. The lowest BCUT2D eigenvalue weighted by atomic mass is 9.73. The Kier molecular flexibility index (Phi) is 3.98. The molecule has 4 rings (SSSR count). The lowest BCUT2D eigenvalue weighted by Gasteiger charge is -2.45. The van der Waals surface area contributed by atoms with Crippen LogP contribution in [-0.4, -0.2) is 46.8 Å². The minimum absolute atomic E-state index is 0.288. The van der Waals surface area contributed by atoms with Gasteiger partial charge in [0.05, 0.1) is 5.75 Å². The van der Waals surface area contributed by atoms with Crippen LogP contribution in [0.25, 0.3) is 10.9 Å². The highest BCUT2D eigenvalue weighted by molar-refractivity contribution is 7.99. The molecule has 0 bridgehead atoms. The van der Waals surface area contributed by atoms with E-state index in [1.165, 1.54) is 28.5 Å². The number of nitrogens with one attached hydrogen (secondary N) is 1. The first-order valence-electron chi connectivity index (χ1n) is 8.49. The number of fused-ring (bicyclic) bond motifs is 2. The second kappa shape index (κ2) is 5.99. The second-order valence-corrected chi connectivity index (χ2v) is 8.25. The van der Waals surface area contributed by atoms with E-state index in [1.54, 1.807) is 18.7 Å². The van der Waals surface area contributed by atoms with Crippen molar-refractivity contribution >= 4 is 28.4 Å². The third-order valence-electron chi connectivity index (χ3n) is 5.47. The summed E-state index contributed by atoms with van der Waals surface area (Å²) in [6.45, 7) is 2.84. The number of carbonyl (C=O) groups excluding carboxylic acids is 1. The minimum Gasteiger partial charge on any atom is -0.361 e. The Hall–Kier alpha value is -1.26. The number of H-pyrrole nitrogens is 1. The summed E-state index contributed by atoms with van der Waals surface area (Å²) in [5.74, 6) is 3.36. The molecule has 1 fully saturated rings. The highest BCUT2D eigenvalue weighted by atomic mass is 32.2. The van der Waals surface area contributed by atoms with Crippen molar-refractivity contribution in [2.45, 2.75) is 31.7 Å². The van der Waals surface area contributed by atoms with E-state index in [0.29, 0.717) is 23.6 Å². The van der Waals surface area contributed by atoms with Gasteiger partial charge in [0.25, 0.3) is 0 Å². The Bertz CT molecular complexity index is 738. The second-order valence-electron chi connectivity index (χ2n) is 7.22. The van der Waals surface area contributed by atoms with E-state index in [4.69, 9.17) is 0 Å². The van der Waals surface area contributed by atoms with Gasteiger partial charge in [0.15, 0.2) is 0 Å². The van der Waals surface area contributed by atoms with Gasteiger partial charge in [-0.2, -0.15) is 11.8 Å². The zero-order valence-corrected chi connectivity index (χ0v) is 14.7. The fourth-order valence-corrected chi connectivity index (χ4v) is 5.52. The number of likely N-dealkylation sites (N-methyl/N-ethyl adjacent to an activating group) is 1.